The first-order valence-electron chi connectivity index (χ1n) is 13.4. The number of benzene rings is 3. The Morgan fingerprint density at radius 1 is 0.949 bits per heavy atom. The molecule has 1 fully saturated rings. The summed E-state index contributed by atoms with van der Waals surface area (Å²) in [5.74, 6) is 2.34. The Labute approximate surface area is 229 Å². The molecule has 0 bridgehead atoms. The number of fused-ring (bicyclic) bond motifs is 1. The minimum absolute atomic E-state index is 0.0524. The van der Waals surface area contributed by atoms with Crippen molar-refractivity contribution >= 4 is 17.1 Å². The van der Waals surface area contributed by atoms with Crippen LogP contribution in [0.5, 0.6) is 23.0 Å². The van der Waals surface area contributed by atoms with Crippen molar-refractivity contribution in [2.75, 3.05) is 34.0 Å². The second-order valence-corrected chi connectivity index (χ2v) is 10.3. The van der Waals surface area contributed by atoms with Gasteiger partial charge in [-0.2, -0.15) is 0 Å². The van der Waals surface area contributed by atoms with Gasteiger partial charge in [-0.05, 0) is 97.6 Å². The fourth-order valence-corrected chi connectivity index (χ4v) is 4.77. The molecule has 3 aromatic carbocycles. The topological polar surface area (TPSA) is 77.5 Å². The summed E-state index contributed by atoms with van der Waals surface area (Å²) in [6, 6.07) is 21.2. The number of aromatic hydroxyl groups is 1. The number of carbonyl (C=O) groups excluding carboxylic acids is 1. The van der Waals surface area contributed by atoms with E-state index in [1.807, 2.05) is 67.5 Å². The number of rotatable bonds is 11. The zero-order valence-corrected chi connectivity index (χ0v) is 22.7. The number of hydrogen-bond donors (Lipinski definition) is 1. The van der Waals surface area contributed by atoms with Crippen molar-refractivity contribution in [1.29, 1.82) is 0 Å². The zero-order valence-electron chi connectivity index (χ0n) is 22.7. The van der Waals surface area contributed by atoms with Crippen molar-refractivity contribution in [3.63, 3.8) is 0 Å². The van der Waals surface area contributed by atoms with Gasteiger partial charge in [0.25, 0.3) is 0 Å². The van der Waals surface area contributed by atoms with Gasteiger partial charge >= 0.3 is 5.97 Å². The first kappa shape index (κ1) is 26.6. The second-order valence-electron chi connectivity index (χ2n) is 10.3. The lowest BCUT2D eigenvalue weighted by atomic mass is 9.88. The van der Waals surface area contributed by atoms with Crippen LogP contribution in [0.1, 0.15) is 42.9 Å². The van der Waals surface area contributed by atoms with Crippen molar-refractivity contribution in [3.8, 4) is 23.0 Å². The van der Waals surface area contributed by atoms with E-state index in [9.17, 15) is 9.90 Å². The van der Waals surface area contributed by atoms with Gasteiger partial charge in [-0.3, -0.25) is 4.79 Å². The van der Waals surface area contributed by atoms with Crippen LogP contribution >= 0.6 is 0 Å². The Hall–Kier alpha value is -3.97. The predicted molar refractivity (Wildman–Crippen MR) is 150 cm³/mol. The van der Waals surface area contributed by atoms with Crippen LogP contribution < -0.4 is 14.2 Å². The van der Waals surface area contributed by atoms with E-state index in [2.05, 4.69) is 13.0 Å². The van der Waals surface area contributed by atoms with Gasteiger partial charge < -0.3 is 29.0 Å². The van der Waals surface area contributed by atoms with Gasteiger partial charge in [0.05, 0.1) is 5.92 Å². The minimum Gasteiger partial charge on any atom is -0.508 e. The number of allylic oxidation sites excluding steroid dienone is 1. The number of phenols is 1. The largest absolute Gasteiger partial charge is 0.508 e. The molecule has 0 aromatic heterocycles. The van der Waals surface area contributed by atoms with E-state index in [4.69, 9.17) is 18.9 Å². The van der Waals surface area contributed by atoms with Gasteiger partial charge in [-0.1, -0.05) is 37.3 Å². The molecule has 2 aliphatic rings. The molecule has 1 atom stereocenters. The normalized spacial score (nSPS) is 15.6. The van der Waals surface area contributed by atoms with Crippen molar-refractivity contribution in [2.24, 2.45) is 5.92 Å². The quantitative estimate of drug-likeness (QED) is 0.250. The molecule has 1 aliphatic carbocycles. The second kappa shape index (κ2) is 11.8. The summed E-state index contributed by atoms with van der Waals surface area (Å²) in [4.78, 5) is 14.2. The maximum absolute atomic E-state index is 12.2. The van der Waals surface area contributed by atoms with E-state index in [0.717, 1.165) is 58.6 Å². The molecule has 5 rings (SSSR count). The fourth-order valence-electron chi connectivity index (χ4n) is 4.77. The van der Waals surface area contributed by atoms with Crippen LogP contribution in [0.15, 0.2) is 66.7 Å². The van der Waals surface area contributed by atoms with Gasteiger partial charge in [-0.25, -0.2) is 0 Å². The molecule has 7 nitrogen and oxygen atoms in total. The van der Waals surface area contributed by atoms with Crippen LogP contribution in [0.25, 0.3) is 11.1 Å². The third-order valence-electron chi connectivity index (χ3n) is 6.87. The van der Waals surface area contributed by atoms with Gasteiger partial charge in [0.15, 0.2) is 11.5 Å². The maximum Gasteiger partial charge on any atom is 0.309 e. The summed E-state index contributed by atoms with van der Waals surface area (Å²) in [5.41, 5.74) is 5.27. The van der Waals surface area contributed by atoms with E-state index in [1.165, 1.54) is 0 Å². The van der Waals surface area contributed by atoms with Crippen LogP contribution in [-0.2, 0) is 9.53 Å². The molecule has 204 valence electrons. The molecule has 1 N–H and O–H groups in total. The van der Waals surface area contributed by atoms with Crippen LogP contribution in [0.3, 0.4) is 0 Å². The SMILES string of the molecule is CCC(=C(c1ccc(O)cc1)c1ccc(OCC(CN(C)C)OC(=O)C2CC2)cc1)c1ccc2c(c1)OCO2. The summed E-state index contributed by atoms with van der Waals surface area (Å²) < 4.78 is 22.9. The average molecular weight is 530 g/mol. The molecule has 0 spiro atoms. The van der Waals surface area contributed by atoms with Gasteiger partial charge in [0.1, 0.15) is 24.2 Å². The molecule has 1 aliphatic heterocycles. The highest BCUT2D eigenvalue weighted by molar-refractivity contribution is 5.99. The van der Waals surface area contributed by atoms with Crippen LogP contribution in [-0.4, -0.2) is 56.1 Å². The van der Waals surface area contributed by atoms with E-state index >= 15 is 0 Å². The summed E-state index contributed by atoms with van der Waals surface area (Å²) in [6.07, 6.45) is 2.28. The van der Waals surface area contributed by atoms with Gasteiger partial charge in [-0.15, -0.1) is 0 Å². The Bertz CT molecular complexity index is 1330. The molecule has 7 heteroatoms. The first-order chi connectivity index (χ1) is 18.9. The smallest absolute Gasteiger partial charge is 0.309 e. The Kier molecular flexibility index (Phi) is 8.07. The average Bonchev–Trinajstić information content (AvgIpc) is 3.68. The predicted octanol–water partition coefficient (Wildman–Crippen LogP) is 5.75. The number of ether oxygens (including phenoxy) is 4. The highest BCUT2D eigenvalue weighted by atomic mass is 16.7. The Morgan fingerprint density at radius 2 is 1.59 bits per heavy atom. The summed E-state index contributed by atoms with van der Waals surface area (Å²) >= 11 is 0. The lowest BCUT2D eigenvalue weighted by molar-refractivity contribution is -0.152. The molecule has 0 radical (unpaired) electrons. The van der Waals surface area contributed by atoms with E-state index in [-0.39, 0.29) is 37.1 Å². The lowest BCUT2D eigenvalue weighted by Gasteiger charge is -2.22. The number of nitrogens with zero attached hydrogens (tertiary/aromatic N) is 1. The van der Waals surface area contributed by atoms with E-state index in [0.29, 0.717) is 12.3 Å². The summed E-state index contributed by atoms with van der Waals surface area (Å²) in [6.45, 7) is 3.24. The molecule has 0 saturated heterocycles. The van der Waals surface area contributed by atoms with Gasteiger partial charge in [0.2, 0.25) is 6.79 Å². The Balaban J connectivity index is 1.41. The molecule has 39 heavy (non-hydrogen) atoms. The maximum atomic E-state index is 12.2. The van der Waals surface area contributed by atoms with Crippen molar-refractivity contribution in [3.05, 3.63) is 83.4 Å². The number of hydrogen-bond acceptors (Lipinski definition) is 7. The Morgan fingerprint density at radius 3 is 2.23 bits per heavy atom. The van der Waals surface area contributed by atoms with Crippen molar-refractivity contribution in [2.45, 2.75) is 32.3 Å². The molecule has 0 amide bonds. The molecule has 1 heterocycles. The molecule has 1 unspecified atom stereocenters. The minimum atomic E-state index is -0.335. The third-order valence-corrected chi connectivity index (χ3v) is 6.87. The third kappa shape index (κ3) is 6.55. The van der Waals surface area contributed by atoms with Crippen molar-refractivity contribution < 1.29 is 28.8 Å². The molecule has 3 aromatic rings. The molecular formula is C32H35NO6. The number of likely N-dealkylation sites (N-methyl/N-ethyl adjacent to an activating group) is 1. The highest BCUT2D eigenvalue weighted by Crippen LogP contribution is 2.40. The number of phenolic OH excluding ortho intramolecular Hbond substituents is 1. The standard InChI is InChI=1S/C32H35NO6/c1-4-28(24-11-16-29-30(17-24)38-20-37-29)31(21-7-12-25(34)13-8-21)22-9-14-26(15-10-22)36-19-27(18-33(2)3)39-32(35)23-5-6-23/h7-17,23,27,34H,4-6,18-20H2,1-3H3. The van der Waals surface area contributed by atoms with Gasteiger partial charge in [0, 0.05) is 6.54 Å². The van der Waals surface area contributed by atoms with E-state index < -0.39 is 0 Å². The van der Waals surface area contributed by atoms with E-state index in [1.54, 1.807) is 12.1 Å². The van der Waals surface area contributed by atoms with Crippen LogP contribution in [0.4, 0.5) is 0 Å². The van der Waals surface area contributed by atoms with Crippen LogP contribution in [0.2, 0.25) is 0 Å². The zero-order chi connectivity index (χ0) is 27.4. The molecule has 1 saturated carbocycles. The molecular weight excluding hydrogens is 494 g/mol. The monoisotopic (exact) mass is 529 g/mol. The number of carbonyl (C=O) groups is 1. The summed E-state index contributed by atoms with van der Waals surface area (Å²) in [5, 5.41) is 9.91. The first-order valence-corrected chi connectivity index (χ1v) is 13.4. The lowest BCUT2D eigenvalue weighted by Crippen LogP contribution is -2.35. The van der Waals surface area contributed by atoms with Crippen LogP contribution in [0, 0.1) is 5.92 Å². The highest BCUT2D eigenvalue weighted by Gasteiger charge is 2.33. The number of esters is 1. The van der Waals surface area contributed by atoms with Crippen molar-refractivity contribution in [1.82, 2.24) is 4.90 Å². The fraction of sp³-hybridized carbons (Fsp3) is 0.344. The summed E-state index contributed by atoms with van der Waals surface area (Å²) in [7, 11) is 3.91.